The van der Waals surface area contributed by atoms with Gasteiger partial charge < -0.3 is 10.6 Å². The van der Waals surface area contributed by atoms with Gasteiger partial charge in [-0.15, -0.1) is 0 Å². The molecule has 1 heterocycles. The summed E-state index contributed by atoms with van der Waals surface area (Å²) < 4.78 is 0. The van der Waals surface area contributed by atoms with E-state index in [0.717, 1.165) is 11.6 Å². The first-order valence-electron chi connectivity index (χ1n) is 4.71. The van der Waals surface area contributed by atoms with Gasteiger partial charge in [-0.2, -0.15) is 0 Å². The average molecular weight is 194 g/mol. The summed E-state index contributed by atoms with van der Waals surface area (Å²) in [5.74, 6) is 1.69. The number of rotatable bonds is 3. The van der Waals surface area contributed by atoms with Gasteiger partial charge in [0.1, 0.15) is 11.6 Å². The molecule has 4 nitrogen and oxygen atoms in total. The highest BCUT2D eigenvalue weighted by atomic mass is 15.2. The van der Waals surface area contributed by atoms with Gasteiger partial charge in [0.15, 0.2) is 0 Å². The molecule has 0 aliphatic carbocycles. The molecule has 0 radical (unpaired) electrons. The highest BCUT2D eigenvalue weighted by molar-refractivity contribution is 5.39. The van der Waals surface area contributed by atoms with Crippen LogP contribution in [0.3, 0.4) is 0 Å². The molecule has 4 heteroatoms. The topological polar surface area (TPSA) is 55.0 Å². The van der Waals surface area contributed by atoms with E-state index in [4.69, 9.17) is 5.73 Å². The van der Waals surface area contributed by atoms with E-state index in [1.54, 1.807) is 6.20 Å². The normalized spacial score (nSPS) is 11.5. The van der Waals surface area contributed by atoms with Crippen LogP contribution in [0.15, 0.2) is 12.3 Å². The maximum absolute atomic E-state index is 5.70. The van der Waals surface area contributed by atoms with Crippen LogP contribution in [-0.2, 0) is 0 Å². The van der Waals surface area contributed by atoms with Gasteiger partial charge in [-0.05, 0) is 26.8 Å². The van der Waals surface area contributed by atoms with E-state index in [1.165, 1.54) is 0 Å². The Morgan fingerprint density at radius 2 is 2.14 bits per heavy atom. The van der Waals surface area contributed by atoms with Crippen LogP contribution in [0.4, 0.5) is 5.82 Å². The molecule has 78 valence electrons. The molecule has 1 rings (SSSR count). The first-order valence-corrected chi connectivity index (χ1v) is 4.71. The average Bonchev–Trinajstić information content (AvgIpc) is 2.16. The summed E-state index contributed by atoms with van der Waals surface area (Å²) in [6.07, 6.45) is 1.76. The summed E-state index contributed by atoms with van der Waals surface area (Å²) in [5, 5.41) is 0. The van der Waals surface area contributed by atoms with Gasteiger partial charge >= 0.3 is 0 Å². The Morgan fingerprint density at radius 3 is 2.64 bits per heavy atom. The van der Waals surface area contributed by atoms with Crippen molar-refractivity contribution >= 4 is 5.82 Å². The van der Waals surface area contributed by atoms with Gasteiger partial charge in [0.2, 0.25) is 0 Å². The lowest BCUT2D eigenvalue weighted by molar-refractivity contribution is 0.494. The Balaban J connectivity index is 2.94. The van der Waals surface area contributed by atoms with E-state index in [-0.39, 0.29) is 5.54 Å². The molecule has 2 N–H and O–H groups in total. The van der Waals surface area contributed by atoms with Gasteiger partial charge in [-0.25, -0.2) is 9.97 Å². The molecule has 0 aliphatic heterocycles. The van der Waals surface area contributed by atoms with Crippen molar-refractivity contribution in [2.75, 3.05) is 18.5 Å². The molecule has 0 saturated carbocycles. The monoisotopic (exact) mass is 194 g/mol. The summed E-state index contributed by atoms with van der Waals surface area (Å²) in [6.45, 7) is 6.65. The molecular weight excluding hydrogens is 176 g/mol. The van der Waals surface area contributed by atoms with Crippen molar-refractivity contribution < 1.29 is 0 Å². The van der Waals surface area contributed by atoms with E-state index in [2.05, 4.69) is 28.7 Å². The number of anilines is 1. The van der Waals surface area contributed by atoms with Crippen molar-refractivity contribution in [1.29, 1.82) is 0 Å². The lowest BCUT2D eigenvalue weighted by Crippen LogP contribution is -2.47. The van der Waals surface area contributed by atoms with Crippen LogP contribution < -0.4 is 10.6 Å². The van der Waals surface area contributed by atoms with Crippen molar-refractivity contribution in [2.45, 2.75) is 26.3 Å². The first kappa shape index (κ1) is 10.9. The molecule has 0 spiro atoms. The van der Waals surface area contributed by atoms with Crippen molar-refractivity contribution in [3.63, 3.8) is 0 Å². The smallest absolute Gasteiger partial charge is 0.132 e. The lowest BCUT2D eigenvalue weighted by Gasteiger charge is -2.35. The van der Waals surface area contributed by atoms with Crippen LogP contribution >= 0.6 is 0 Å². The fraction of sp³-hybridized carbons (Fsp3) is 0.600. The Hall–Kier alpha value is -1.16. The minimum atomic E-state index is -0.0825. The van der Waals surface area contributed by atoms with E-state index in [0.29, 0.717) is 6.54 Å². The maximum Gasteiger partial charge on any atom is 0.132 e. The zero-order valence-electron chi connectivity index (χ0n) is 9.28. The van der Waals surface area contributed by atoms with Crippen LogP contribution in [0.1, 0.15) is 19.7 Å². The van der Waals surface area contributed by atoms with Gasteiger partial charge in [0, 0.05) is 25.3 Å². The molecule has 14 heavy (non-hydrogen) atoms. The van der Waals surface area contributed by atoms with Crippen molar-refractivity contribution in [1.82, 2.24) is 9.97 Å². The van der Waals surface area contributed by atoms with Crippen LogP contribution in [0.25, 0.3) is 0 Å². The van der Waals surface area contributed by atoms with Crippen LogP contribution in [0, 0.1) is 6.92 Å². The molecule has 0 amide bonds. The summed E-state index contributed by atoms with van der Waals surface area (Å²) in [4.78, 5) is 10.5. The van der Waals surface area contributed by atoms with Gasteiger partial charge in [0.25, 0.3) is 0 Å². The van der Waals surface area contributed by atoms with Crippen LogP contribution in [0.5, 0.6) is 0 Å². The number of aromatic nitrogens is 2. The number of aryl methyl sites for hydroxylation is 1. The second-order valence-corrected chi connectivity index (χ2v) is 4.04. The fourth-order valence-electron chi connectivity index (χ4n) is 1.08. The third-order valence-electron chi connectivity index (χ3n) is 2.51. The minimum absolute atomic E-state index is 0.0825. The number of hydrogen-bond donors (Lipinski definition) is 1. The first-order chi connectivity index (χ1) is 6.47. The summed E-state index contributed by atoms with van der Waals surface area (Å²) in [6, 6.07) is 1.89. The number of hydrogen-bond acceptors (Lipinski definition) is 4. The molecular formula is C10H18N4. The van der Waals surface area contributed by atoms with Gasteiger partial charge in [0.05, 0.1) is 0 Å². The molecule has 0 atom stereocenters. The molecule has 0 saturated heterocycles. The maximum atomic E-state index is 5.70. The van der Waals surface area contributed by atoms with E-state index in [9.17, 15) is 0 Å². The predicted octanol–water partition coefficient (Wildman–Crippen LogP) is 0.959. The van der Waals surface area contributed by atoms with Crippen molar-refractivity contribution in [3.8, 4) is 0 Å². The van der Waals surface area contributed by atoms with Crippen LogP contribution in [-0.4, -0.2) is 29.1 Å². The standard InChI is InChI=1S/C10H18N4/c1-8-12-6-5-9(13-8)14(4)10(2,3)7-11/h5-6H,7,11H2,1-4H3. The predicted molar refractivity (Wildman–Crippen MR) is 58.3 cm³/mol. The molecule has 0 fully saturated rings. The SMILES string of the molecule is Cc1nccc(N(C)C(C)(C)CN)n1. The Bertz CT molecular complexity index is 309. The third kappa shape index (κ3) is 2.20. The van der Waals surface area contributed by atoms with Crippen molar-refractivity contribution in [3.05, 3.63) is 18.1 Å². The molecule has 0 bridgehead atoms. The molecule has 0 aliphatic rings. The van der Waals surface area contributed by atoms with E-state index < -0.39 is 0 Å². The van der Waals surface area contributed by atoms with Gasteiger partial charge in [-0.3, -0.25) is 0 Å². The highest BCUT2D eigenvalue weighted by Gasteiger charge is 2.22. The number of nitrogens with two attached hydrogens (primary N) is 1. The Labute approximate surface area is 85.2 Å². The zero-order chi connectivity index (χ0) is 10.8. The molecule has 1 aromatic rings. The zero-order valence-corrected chi connectivity index (χ0v) is 9.28. The Kier molecular flexibility index (Phi) is 3.06. The lowest BCUT2D eigenvalue weighted by atomic mass is 10.0. The van der Waals surface area contributed by atoms with Crippen molar-refractivity contribution in [2.24, 2.45) is 5.73 Å². The highest BCUT2D eigenvalue weighted by Crippen LogP contribution is 2.18. The number of nitrogens with zero attached hydrogens (tertiary/aromatic N) is 3. The quantitative estimate of drug-likeness (QED) is 0.778. The van der Waals surface area contributed by atoms with Gasteiger partial charge in [-0.1, -0.05) is 0 Å². The van der Waals surface area contributed by atoms with Crippen LogP contribution in [0.2, 0.25) is 0 Å². The fourth-order valence-corrected chi connectivity index (χ4v) is 1.08. The Morgan fingerprint density at radius 1 is 1.50 bits per heavy atom. The molecule has 0 unspecified atom stereocenters. The number of likely N-dealkylation sites (N-methyl/N-ethyl adjacent to an activating group) is 1. The molecule has 0 aromatic carbocycles. The van der Waals surface area contributed by atoms with E-state index >= 15 is 0 Å². The minimum Gasteiger partial charge on any atom is -0.353 e. The summed E-state index contributed by atoms with van der Waals surface area (Å²) in [7, 11) is 1.99. The second-order valence-electron chi connectivity index (χ2n) is 4.04. The van der Waals surface area contributed by atoms with E-state index in [1.807, 2.05) is 20.0 Å². The molecule has 1 aromatic heterocycles. The second kappa shape index (κ2) is 3.92. The third-order valence-corrected chi connectivity index (χ3v) is 2.51. The summed E-state index contributed by atoms with van der Waals surface area (Å²) in [5.41, 5.74) is 5.61. The largest absolute Gasteiger partial charge is 0.353 e. The summed E-state index contributed by atoms with van der Waals surface area (Å²) >= 11 is 0.